The van der Waals surface area contributed by atoms with Gasteiger partial charge in [-0.15, -0.1) is 0 Å². The summed E-state index contributed by atoms with van der Waals surface area (Å²) < 4.78 is 39.4. The van der Waals surface area contributed by atoms with Crippen LogP contribution in [0.2, 0.25) is 0 Å². The van der Waals surface area contributed by atoms with Crippen molar-refractivity contribution < 1.29 is 13.2 Å². The average molecular weight is 312 g/mol. The molecule has 4 nitrogen and oxygen atoms in total. The van der Waals surface area contributed by atoms with Gasteiger partial charge in [0.25, 0.3) is 0 Å². The van der Waals surface area contributed by atoms with Gasteiger partial charge in [0.15, 0.2) is 11.5 Å². The Kier molecular flexibility index (Phi) is 3.32. The van der Waals surface area contributed by atoms with Crippen molar-refractivity contribution in [1.29, 1.82) is 0 Å². The van der Waals surface area contributed by atoms with Crippen LogP contribution < -0.4 is 5.32 Å². The third-order valence-corrected chi connectivity index (χ3v) is 3.78. The first-order chi connectivity index (χ1) is 9.95. The van der Waals surface area contributed by atoms with Crippen LogP contribution in [-0.4, -0.2) is 14.6 Å². The van der Waals surface area contributed by atoms with E-state index in [2.05, 4.69) is 15.4 Å². The van der Waals surface area contributed by atoms with Crippen LogP contribution in [0.1, 0.15) is 24.2 Å². The van der Waals surface area contributed by atoms with Gasteiger partial charge in [-0.3, -0.25) is 0 Å². The summed E-state index contributed by atoms with van der Waals surface area (Å²) >= 11 is 1.56. The Bertz CT molecular complexity index is 748. The average Bonchev–Trinajstić information content (AvgIpc) is 3.07. The number of rotatable bonds is 3. The summed E-state index contributed by atoms with van der Waals surface area (Å²) in [6, 6.07) is 2.90. The third-order valence-electron chi connectivity index (χ3n) is 3.08. The van der Waals surface area contributed by atoms with E-state index >= 15 is 0 Å². The van der Waals surface area contributed by atoms with Crippen molar-refractivity contribution in [2.45, 2.75) is 19.1 Å². The summed E-state index contributed by atoms with van der Waals surface area (Å²) in [4.78, 5) is 4.12. The second-order valence-corrected chi connectivity index (χ2v) is 5.34. The normalized spacial score (nSPS) is 13.5. The SMILES string of the molecule is CC(Nc1nccn2nc(C(F)(F)F)cc12)c1ccsc1. The van der Waals surface area contributed by atoms with Crippen LogP contribution in [0.25, 0.3) is 5.52 Å². The zero-order valence-corrected chi connectivity index (χ0v) is 11.7. The van der Waals surface area contributed by atoms with E-state index in [-0.39, 0.29) is 6.04 Å². The Morgan fingerprint density at radius 3 is 2.86 bits per heavy atom. The highest BCUT2D eigenvalue weighted by Crippen LogP contribution is 2.31. The van der Waals surface area contributed by atoms with Crippen molar-refractivity contribution in [3.8, 4) is 0 Å². The van der Waals surface area contributed by atoms with Crippen LogP contribution in [0.4, 0.5) is 19.0 Å². The quantitative estimate of drug-likeness (QED) is 0.795. The number of alkyl halides is 3. The Balaban J connectivity index is 1.97. The molecule has 21 heavy (non-hydrogen) atoms. The number of fused-ring (bicyclic) bond motifs is 1. The van der Waals surface area contributed by atoms with Gasteiger partial charge in [0.2, 0.25) is 0 Å². The smallest absolute Gasteiger partial charge is 0.362 e. The predicted octanol–water partition coefficient (Wildman–Crippen LogP) is 3.98. The number of thiophene rings is 1. The number of hydrogen-bond donors (Lipinski definition) is 1. The van der Waals surface area contributed by atoms with Crippen molar-refractivity contribution in [3.05, 3.63) is 46.5 Å². The molecule has 0 spiro atoms. The molecule has 0 aliphatic carbocycles. The van der Waals surface area contributed by atoms with Gasteiger partial charge in [0, 0.05) is 18.5 Å². The number of hydrogen-bond acceptors (Lipinski definition) is 4. The lowest BCUT2D eigenvalue weighted by Crippen LogP contribution is -2.08. The molecule has 0 saturated heterocycles. The Morgan fingerprint density at radius 1 is 1.38 bits per heavy atom. The van der Waals surface area contributed by atoms with Crippen molar-refractivity contribution in [1.82, 2.24) is 14.6 Å². The first kappa shape index (κ1) is 13.9. The van der Waals surface area contributed by atoms with E-state index in [0.717, 1.165) is 11.6 Å². The standard InChI is InChI=1S/C13H11F3N4S/c1-8(9-2-5-21-7-9)18-12-10-6-11(13(14,15)16)19-20(10)4-3-17-12/h2-8H,1H3,(H,17,18). The summed E-state index contributed by atoms with van der Waals surface area (Å²) in [5.74, 6) is 0.374. The highest BCUT2D eigenvalue weighted by molar-refractivity contribution is 7.07. The number of nitrogens with zero attached hydrogens (tertiary/aromatic N) is 3. The zero-order valence-electron chi connectivity index (χ0n) is 10.9. The maximum absolute atomic E-state index is 12.7. The van der Waals surface area contributed by atoms with Gasteiger partial charge < -0.3 is 5.32 Å². The second kappa shape index (κ2) is 5.03. The topological polar surface area (TPSA) is 42.2 Å². The summed E-state index contributed by atoms with van der Waals surface area (Å²) in [5, 5.41) is 10.6. The Hall–Kier alpha value is -2.09. The largest absolute Gasteiger partial charge is 0.435 e. The van der Waals surface area contributed by atoms with Gasteiger partial charge >= 0.3 is 6.18 Å². The number of aromatic nitrogens is 3. The first-order valence-corrected chi connectivity index (χ1v) is 7.09. The molecule has 1 atom stereocenters. The van der Waals surface area contributed by atoms with Gasteiger partial charge in [0.05, 0.1) is 6.04 Å². The highest BCUT2D eigenvalue weighted by atomic mass is 32.1. The van der Waals surface area contributed by atoms with Gasteiger partial charge in [0.1, 0.15) is 5.52 Å². The Labute approximate surface area is 122 Å². The van der Waals surface area contributed by atoms with Gasteiger partial charge in [-0.25, -0.2) is 9.50 Å². The zero-order chi connectivity index (χ0) is 15.0. The minimum absolute atomic E-state index is 0.0563. The van der Waals surface area contributed by atoms with E-state index in [1.165, 1.54) is 16.9 Å². The summed E-state index contributed by atoms with van der Waals surface area (Å²) in [7, 11) is 0. The van der Waals surface area contributed by atoms with Crippen molar-refractivity contribution in [3.63, 3.8) is 0 Å². The van der Waals surface area contributed by atoms with Crippen LogP contribution in [0.5, 0.6) is 0 Å². The molecule has 3 heterocycles. The van der Waals surface area contributed by atoms with E-state index in [0.29, 0.717) is 11.3 Å². The van der Waals surface area contributed by atoms with Crippen molar-refractivity contribution in [2.75, 3.05) is 5.32 Å². The van der Waals surface area contributed by atoms with Crippen molar-refractivity contribution >= 4 is 22.7 Å². The van der Waals surface area contributed by atoms with E-state index < -0.39 is 11.9 Å². The molecule has 1 unspecified atom stereocenters. The molecule has 1 N–H and O–H groups in total. The van der Waals surface area contributed by atoms with Crippen LogP contribution in [0, 0.1) is 0 Å². The summed E-state index contributed by atoms with van der Waals surface area (Å²) in [5.41, 5.74) is 0.424. The monoisotopic (exact) mass is 312 g/mol. The van der Waals surface area contributed by atoms with Crippen LogP contribution in [0.15, 0.2) is 35.3 Å². The summed E-state index contributed by atoms with van der Waals surface area (Å²) in [6.45, 7) is 1.92. The number of halogens is 3. The van der Waals surface area contributed by atoms with Crippen molar-refractivity contribution in [2.24, 2.45) is 0 Å². The first-order valence-electron chi connectivity index (χ1n) is 6.15. The molecular weight excluding hydrogens is 301 g/mol. The fraction of sp³-hybridized carbons (Fsp3) is 0.231. The molecule has 3 rings (SSSR count). The molecule has 0 aliphatic heterocycles. The predicted molar refractivity (Wildman–Crippen MR) is 74.3 cm³/mol. The van der Waals surface area contributed by atoms with E-state index in [9.17, 15) is 13.2 Å². The second-order valence-electron chi connectivity index (χ2n) is 4.56. The molecule has 0 fully saturated rings. The molecule has 3 aromatic heterocycles. The lowest BCUT2D eigenvalue weighted by molar-refractivity contribution is -0.141. The molecule has 0 aliphatic rings. The maximum Gasteiger partial charge on any atom is 0.435 e. The summed E-state index contributed by atoms with van der Waals surface area (Å²) in [6.07, 6.45) is -1.66. The van der Waals surface area contributed by atoms with Gasteiger partial charge in [-0.2, -0.15) is 29.6 Å². The number of nitrogens with one attached hydrogen (secondary N) is 1. The molecule has 8 heteroatoms. The van der Waals surface area contributed by atoms with Gasteiger partial charge in [-0.1, -0.05) is 0 Å². The fourth-order valence-corrected chi connectivity index (χ4v) is 2.74. The molecule has 0 bridgehead atoms. The minimum Gasteiger partial charge on any atom is -0.362 e. The molecule has 110 valence electrons. The van der Waals surface area contributed by atoms with Gasteiger partial charge in [-0.05, 0) is 29.3 Å². The molecule has 3 aromatic rings. The van der Waals surface area contributed by atoms with Crippen LogP contribution in [0.3, 0.4) is 0 Å². The third kappa shape index (κ3) is 2.71. The maximum atomic E-state index is 12.7. The minimum atomic E-state index is -4.47. The highest BCUT2D eigenvalue weighted by Gasteiger charge is 2.34. The Morgan fingerprint density at radius 2 is 2.19 bits per heavy atom. The van der Waals surface area contributed by atoms with E-state index in [1.54, 1.807) is 11.3 Å². The number of anilines is 1. The van der Waals surface area contributed by atoms with E-state index in [1.807, 2.05) is 23.8 Å². The molecule has 0 amide bonds. The molecule has 0 aromatic carbocycles. The van der Waals surface area contributed by atoms with E-state index in [4.69, 9.17) is 0 Å². The molecular formula is C13H11F3N4S. The lowest BCUT2D eigenvalue weighted by Gasteiger charge is -2.13. The fourth-order valence-electron chi connectivity index (χ4n) is 1.98. The van der Waals surface area contributed by atoms with Crippen LogP contribution in [-0.2, 0) is 6.18 Å². The molecule has 0 saturated carbocycles. The molecule has 0 radical (unpaired) electrons. The van der Waals surface area contributed by atoms with Crippen LogP contribution >= 0.6 is 11.3 Å². The lowest BCUT2D eigenvalue weighted by atomic mass is 10.2.